The Morgan fingerprint density at radius 3 is 2.90 bits per heavy atom. The van der Waals surface area contributed by atoms with Gasteiger partial charge in [-0.3, -0.25) is 10.1 Å². The summed E-state index contributed by atoms with van der Waals surface area (Å²) in [5.41, 5.74) is 12.3. The molecular formula is C23H22N6O. The van der Waals surface area contributed by atoms with Gasteiger partial charge in [-0.05, 0) is 37.1 Å². The number of aryl methyl sites for hydroxylation is 1. The number of aromatic nitrogens is 5. The molecule has 0 amide bonds. The van der Waals surface area contributed by atoms with Gasteiger partial charge in [-0.2, -0.15) is 5.10 Å². The van der Waals surface area contributed by atoms with E-state index in [0.29, 0.717) is 18.9 Å². The summed E-state index contributed by atoms with van der Waals surface area (Å²) in [6.07, 6.45) is 6.07. The molecule has 0 spiro atoms. The highest BCUT2D eigenvalue weighted by atomic mass is 16.5. The Morgan fingerprint density at radius 2 is 1.97 bits per heavy atom. The first kappa shape index (κ1) is 18.3. The topological polar surface area (TPSA) is 105 Å². The lowest BCUT2D eigenvalue weighted by Crippen LogP contribution is -2.30. The molecular weight excluding hydrogens is 376 g/mol. The summed E-state index contributed by atoms with van der Waals surface area (Å²) in [7, 11) is 0. The summed E-state index contributed by atoms with van der Waals surface area (Å²) in [6.45, 7) is 2.33. The van der Waals surface area contributed by atoms with Crippen molar-refractivity contribution in [3.8, 4) is 17.1 Å². The summed E-state index contributed by atoms with van der Waals surface area (Å²) in [6, 6.07) is 14.1. The summed E-state index contributed by atoms with van der Waals surface area (Å²) < 4.78 is 5.86. The maximum absolute atomic E-state index is 6.32. The third-order valence-electron chi connectivity index (χ3n) is 5.26. The van der Waals surface area contributed by atoms with E-state index in [-0.39, 0.29) is 6.04 Å². The van der Waals surface area contributed by atoms with Crippen LogP contribution in [0.3, 0.4) is 0 Å². The van der Waals surface area contributed by atoms with Crippen molar-refractivity contribution in [3.05, 3.63) is 72.3 Å². The van der Waals surface area contributed by atoms with Crippen LogP contribution in [0.15, 0.2) is 61.1 Å². The molecule has 4 N–H and O–H groups in total. The summed E-state index contributed by atoms with van der Waals surface area (Å²) in [4.78, 5) is 12.2. The molecule has 5 aromatic rings. The van der Waals surface area contributed by atoms with Gasteiger partial charge in [0.05, 0.1) is 29.3 Å². The predicted molar refractivity (Wildman–Crippen MR) is 117 cm³/mol. The van der Waals surface area contributed by atoms with E-state index in [1.165, 1.54) is 10.9 Å². The molecule has 0 fully saturated rings. The molecule has 0 radical (unpaired) electrons. The van der Waals surface area contributed by atoms with E-state index in [4.69, 9.17) is 10.5 Å². The fraction of sp³-hybridized carbons (Fsp3) is 0.174. The van der Waals surface area contributed by atoms with Crippen molar-refractivity contribution < 1.29 is 4.74 Å². The third-order valence-corrected chi connectivity index (χ3v) is 5.26. The lowest BCUT2D eigenvalue weighted by Gasteiger charge is -2.12. The number of hydrogen-bond acceptors (Lipinski definition) is 5. The number of ether oxygens (including phenoxy) is 1. The molecule has 7 nitrogen and oxygen atoms in total. The highest BCUT2D eigenvalue weighted by Gasteiger charge is 2.11. The van der Waals surface area contributed by atoms with Crippen LogP contribution in [0.25, 0.3) is 33.1 Å². The highest BCUT2D eigenvalue weighted by Crippen LogP contribution is 2.25. The van der Waals surface area contributed by atoms with Crippen molar-refractivity contribution in [1.82, 2.24) is 25.1 Å². The minimum atomic E-state index is -0.153. The van der Waals surface area contributed by atoms with Crippen LogP contribution in [0.1, 0.15) is 11.3 Å². The van der Waals surface area contributed by atoms with E-state index in [1.807, 2.05) is 37.4 Å². The van der Waals surface area contributed by atoms with Gasteiger partial charge in [0, 0.05) is 34.1 Å². The van der Waals surface area contributed by atoms with Gasteiger partial charge in [0.15, 0.2) is 0 Å². The number of aromatic amines is 2. The number of nitrogens with one attached hydrogen (secondary N) is 2. The largest absolute Gasteiger partial charge is 0.475 e. The van der Waals surface area contributed by atoms with Gasteiger partial charge in [0.1, 0.15) is 6.61 Å². The molecule has 30 heavy (non-hydrogen) atoms. The smallest absolute Gasteiger partial charge is 0.232 e. The van der Waals surface area contributed by atoms with Crippen LogP contribution in [-0.2, 0) is 6.42 Å². The van der Waals surface area contributed by atoms with E-state index < -0.39 is 0 Å². The zero-order chi connectivity index (χ0) is 20.5. The van der Waals surface area contributed by atoms with Gasteiger partial charge in [0.2, 0.25) is 5.88 Å². The molecule has 7 heteroatoms. The van der Waals surface area contributed by atoms with E-state index >= 15 is 0 Å². The Hall–Kier alpha value is -3.71. The van der Waals surface area contributed by atoms with Crippen LogP contribution in [0, 0.1) is 6.92 Å². The molecule has 1 atom stereocenters. The number of rotatable bonds is 6. The predicted octanol–water partition coefficient (Wildman–Crippen LogP) is 3.76. The molecule has 0 saturated heterocycles. The van der Waals surface area contributed by atoms with Crippen molar-refractivity contribution in [2.75, 3.05) is 6.61 Å². The Kier molecular flexibility index (Phi) is 4.65. The molecule has 0 aliphatic heterocycles. The quantitative estimate of drug-likeness (QED) is 0.404. The number of fused-ring (bicyclic) bond motifs is 2. The van der Waals surface area contributed by atoms with E-state index in [2.05, 4.69) is 43.3 Å². The second-order valence-corrected chi connectivity index (χ2v) is 7.45. The fourth-order valence-corrected chi connectivity index (χ4v) is 3.70. The van der Waals surface area contributed by atoms with Gasteiger partial charge < -0.3 is 15.5 Å². The normalized spacial score (nSPS) is 12.5. The van der Waals surface area contributed by atoms with Crippen molar-refractivity contribution in [2.45, 2.75) is 19.4 Å². The molecule has 3 heterocycles. The lowest BCUT2D eigenvalue weighted by molar-refractivity contribution is 0.276. The minimum absolute atomic E-state index is 0.153. The second-order valence-electron chi connectivity index (χ2n) is 7.45. The van der Waals surface area contributed by atoms with Crippen molar-refractivity contribution in [2.24, 2.45) is 5.73 Å². The average molecular weight is 398 g/mol. The molecule has 3 aromatic heterocycles. The summed E-state index contributed by atoms with van der Waals surface area (Å²) in [5.74, 6) is 0.464. The Bertz CT molecular complexity index is 1320. The second kappa shape index (κ2) is 7.61. The van der Waals surface area contributed by atoms with Gasteiger partial charge in [-0.25, -0.2) is 4.98 Å². The number of benzene rings is 2. The van der Waals surface area contributed by atoms with Gasteiger partial charge in [0.25, 0.3) is 0 Å². The first-order valence-corrected chi connectivity index (χ1v) is 9.88. The molecule has 0 saturated carbocycles. The van der Waals surface area contributed by atoms with Crippen LogP contribution in [0.4, 0.5) is 0 Å². The average Bonchev–Trinajstić information content (AvgIpc) is 3.36. The molecule has 0 aliphatic carbocycles. The zero-order valence-corrected chi connectivity index (χ0v) is 16.6. The lowest BCUT2D eigenvalue weighted by atomic mass is 10.1. The number of hydrogen-bond donors (Lipinski definition) is 3. The number of nitrogens with zero attached hydrogens (tertiary/aromatic N) is 3. The first-order chi connectivity index (χ1) is 14.7. The molecule has 0 aliphatic rings. The van der Waals surface area contributed by atoms with E-state index in [1.54, 1.807) is 12.4 Å². The standard InChI is InChI=1S/C23H22N6O/c1-14-19-9-15(6-7-21(19)29-28-14)22-11-25-12-23(27-22)30-13-17(24)8-16-10-26-20-5-3-2-4-18(16)20/h2-7,9-12,17,26H,8,13,24H2,1H3,(H,28,29). The summed E-state index contributed by atoms with van der Waals surface area (Å²) >= 11 is 0. The third kappa shape index (κ3) is 3.51. The molecule has 0 bridgehead atoms. The first-order valence-electron chi connectivity index (χ1n) is 9.88. The van der Waals surface area contributed by atoms with Gasteiger partial charge >= 0.3 is 0 Å². The maximum atomic E-state index is 6.32. The van der Waals surface area contributed by atoms with Crippen molar-refractivity contribution >= 4 is 21.8 Å². The Balaban J connectivity index is 1.29. The fourth-order valence-electron chi connectivity index (χ4n) is 3.70. The van der Waals surface area contributed by atoms with Crippen molar-refractivity contribution in [1.29, 1.82) is 0 Å². The molecule has 5 rings (SSSR count). The molecule has 1 unspecified atom stereocenters. The molecule has 150 valence electrons. The van der Waals surface area contributed by atoms with E-state index in [0.717, 1.165) is 33.4 Å². The monoisotopic (exact) mass is 398 g/mol. The van der Waals surface area contributed by atoms with Gasteiger partial charge in [-0.15, -0.1) is 0 Å². The molecule has 2 aromatic carbocycles. The highest BCUT2D eigenvalue weighted by molar-refractivity contribution is 5.86. The zero-order valence-electron chi connectivity index (χ0n) is 16.6. The Labute approximate surface area is 173 Å². The maximum Gasteiger partial charge on any atom is 0.232 e. The number of H-pyrrole nitrogens is 2. The minimum Gasteiger partial charge on any atom is -0.475 e. The van der Waals surface area contributed by atoms with Crippen LogP contribution in [0.2, 0.25) is 0 Å². The Morgan fingerprint density at radius 1 is 1.07 bits per heavy atom. The van der Waals surface area contributed by atoms with Crippen molar-refractivity contribution in [3.63, 3.8) is 0 Å². The number of nitrogens with two attached hydrogens (primary N) is 1. The SMILES string of the molecule is Cc1n[nH]c2ccc(-c3cncc(OCC(N)Cc4c[nH]c5ccccc45)n3)cc12. The van der Waals surface area contributed by atoms with Crippen LogP contribution >= 0.6 is 0 Å². The van der Waals surface area contributed by atoms with Crippen LogP contribution in [-0.4, -0.2) is 37.8 Å². The van der Waals surface area contributed by atoms with Crippen LogP contribution in [0.5, 0.6) is 5.88 Å². The summed E-state index contributed by atoms with van der Waals surface area (Å²) in [5, 5.41) is 9.52. The number of para-hydroxylation sites is 1. The van der Waals surface area contributed by atoms with Gasteiger partial charge in [-0.1, -0.05) is 24.3 Å². The van der Waals surface area contributed by atoms with E-state index in [9.17, 15) is 0 Å². The van der Waals surface area contributed by atoms with Crippen LogP contribution < -0.4 is 10.5 Å².